The molecule has 1 aliphatic rings. The van der Waals surface area contributed by atoms with Crippen molar-refractivity contribution in [2.45, 2.75) is 12.8 Å². The summed E-state index contributed by atoms with van der Waals surface area (Å²) in [4.78, 5) is 34.6. The minimum atomic E-state index is -0.493. The number of nitrogens with one attached hydrogen (secondary N) is 2. The summed E-state index contributed by atoms with van der Waals surface area (Å²) in [5.41, 5.74) is 1.99. The predicted octanol–water partition coefficient (Wildman–Crippen LogP) is 2.98. The number of fused-ring (bicyclic) bond motifs is 1. The molecule has 33 heavy (non-hydrogen) atoms. The molecule has 1 aromatic carbocycles. The van der Waals surface area contributed by atoms with Gasteiger partial charge in [0.25, 0.3) is 5.91 Å². The monoisotopic (exact) mass is 449 g/mol. The predicted molar refractivity (Wildman–Crippen MR) is 116 cm³/mol. The molecule has 11 heteroatoms. The van der Waals surface area contributed by atoms with E-state index >= 15 is 0 Å². The highest BCUT2D eigenvalue weighted by atomic mass is 19.1. The summed E-state index contributed by atoms with van der Waals surface area (Å²) in [5.74, 6) is -0.0164. The third kappa shape index (κ3) is 3.67. The van der Waals surface area contributed by atoms with E-state index in [0.717, 1.165) is 0 Å². The number of ether oxygens (including phenoxy) is 1. The molecule has 2 N–H and O–H groups in total. The fourth-order valence-corrected chi connectivity index (χ4v) is 3.74. The minimum Gasteiger partial charge on any atom is -0.453 e. The van der Waals surface area contributed by atoms with Crippen molar-refractivity contribution in [2.24, 2.45) is 0 Å². The molecule has 1 aliphatic heterocycles. The van der Waals surface area contributed by atoms with Gasteiger partial charge in [-0.1, -0.05) is 6.07 Å². The Kier molecular flexibility index (Phi) is 5.00. The lowest BCUT2D eigenvalue weighted by atomic mass is 10.0. The average Bonchev–Trinajstić information content (AvgIpc) is 3.43. The number of nitrogens with zero attached hydrogens (tertiary/aromatic N) is 5. The lowest BCUT2D eigenvalue weighted by Crippen LogP contribution is -2.48. The fourth-order valence-electron chi connectivity index (χ4n) is 3.74. The van der Waals surface area contributed by atoms with Gasteiger partial charge in [0.1, 0.15) is 23.0 Å². The van der Waals surface area contributed by atoms with Crippen molar-refractivity contribution >= 4 is 23.3 Å². The second-order valence-corrected chi connectivity index (χ2v) is 7.77. The third-order valence-electron chi connectivity index (χ3n) is 5.70. The van der Waals surface area contributed by atoms with Crippen LogP contribution in [-0.4, -0.2) is 61.7 Å². The first kappa shape index (κ1) is 20.6. The standard InChI is InChI=1S/C22H20FN7O3/c1-12-15(23)7-13(19-26-20(28-27-19)14-10-29(11-14)22(32)33-2)8-16(12)25-21(31)17-9-24-18-5-3-4-6-30(17)18/h3-9,14H,10-11H2,1-2H3,(H,25,31)(H,26,27,28). The van der Waals surface area contributed by atoms with Crippen LogP contribution < -0.4 is 5.32 Å². The van der Waals surface area contributed by atoms with Gasteiger partial charge in [0.05, 0.1) is 19.2 Å². The molecule has 0 unspecified atom stereocenters. The summed E-state index contributed by atoms with van der Waals surface area (Å²) in [6.07, 6.45) is 2.81. The number of anilines is 1. The molecule has 4 heterocycles. The number of methoxy groups -OCH3 is 1. The van der Waals surface area contributed by atoms with Crippen LogP contribution in [0.1, 0.15) is 27.8 Å². The normalized spacial score (nSPS) is 13.7. The van der Waals surface area contributed by atoms with Crippen molar-refractivity contribution < 1.29 is 18.7 Å². The minimum absolute atomic E-state index is 0.00466. The smallest absolute Gasteiger partial charge is 0.409 e. The van der Waals surface area contributed by atoms with E-state index in [-0.39, 0.29) is 5.92 Å². The zero-order valence-corrected chi connectivity index (χ0v) is 17.9. The summed E-state index contributed by atoms with van der Waals surface area (Å²) in [6.45, 7) is 2.51. The number of H-pyrrole nitrogens is 1. The maximum Gasteiger partial charge on any atom is 0.409 e. The summed E-state index contributed by atoms with van der Waals surface area (Å²) in [5, 5.41) is 9.82. The second-order valence-electron chi connectivity index (χ2n) is 7.77. The zero-order valence-electron chi connectivity index (χ0n) is 17.9. The van der Waals surface area contributed by atoms with Crippen LogP contribution in [0.3, 0.4) is 0 Å². The summed E-state index contributed by atoms with van der Waals surface area (Å²) >= 11 is 0. The first-order valence-corrected chi connectivity index (χ1v) is 10.2. The van der Waals surface area contributed by atoms with E-state index in [4.69, 9.17) is 4.74 Å². The van der Waals surface area contributed by atoms with Crippen LogP contribution in [-0.2, 0) is 4.74 Å². The molecule has 2 amide bonds. The van der Waals surface area contributed by atoms with Gasteiger partial charge in [-0.15, -0.1) is 0 Å². The van der Waals surface area contributed by atoms with E-state index in [9.17, 15) is 14.0 Å². The molecule has 1 fully saturated rings. The Labute approximate surface area is 187 Å². The summed E-state index contributed by atoms with van der Waals surface area (Å²) in [6, 6.07) is 8.37. The van der Waals surface area contributed by atoms with Crippen LogP contribution in [0.25, 0.3) is 17.0 Å². The molecule has 4 aromatic rings. The molecular formula is C22H20FN7O3. The third-order valence-corrected chi connectivity index (χ3v) is 5.70. The topological polar surface area (TPSA) is 118 Å². The number of halogens is 1. The molecule has 1 saturated heterocycles. The van der Waals surface area contributed by atoms with E-state index < -0.39 is 17.8 Å². The Hall–Kier alpha value is -4.28. The van der Waals surface area contributed by atoms with Crippen LogP contribution in [0, 0.1) is 12.7 Å². The molecule has 10 nitrogen and oxygen atoms in total. The molecule has 0 atom stereocenters. The van der Waals surface area contributed by atoms with E-state index in [2.05, 4.69) is 25.5 Å². The highest BCUT2D eigenvalue weighted by molar-refractivity contribution is 6.04. The van der Waals surface area contributed by atoms with Gasteiger partial charge < -0.3 is 15.0 Å². The van der Waals surface area contributed by atoms with Gasteiger partial charge in [-0.25, -0.2) is 19.2 Å². The molecule has 5 rings (SSSR count). The highest BCUT2D eigenvalue weighted by Gasteiger charge is 2.34. The largest absolute Gasteiger partial charge is 0.453 e. The number of benzene rings is 1. The maximum atomic E-state index is 14.7. The average molecular weight is 449 g/mol. The summed E-state index contributed by atoms with van der Waals surface area (Å²) in [7, 11) is 1.33. The van der Waals surface area contributed by atoms with E-state index in [0.29, 0.717) is 52.9 Å². The Morgan fingerprint density at radius 3 is 2.88 bits per heavy atom. The molecule has 3 aromatic heterocycles. The number of pyridine rings is 1. The molecule has 168 valence electrons. The molecule has 0 radical (unpaired) electrons. The van der Waals surface area contributed by atoms with Crippen LogP contribution in [0.15, 0.2) is 42.7 Å². The van der Waals surface area contributed by atoms with Gasteiger partial charge in [0.15, 0.2) is 5.82 Å². The maximum absolute atomic E-state index is 14.7. The Morgan fingerprint density at radius 1 is 1.27 bits per heavy atom. The first-order chi connectivity index (χ1) is 15.9. The number of aromatic amines is 1. The van der Waals surface area contributed by atoms with Gasteiger partial charge in [-0.05, 0) is 31.2 Å². The number of imidazole rings is 1. The number of likely N-dealkylation sites (tertiary alicyclic amines) is 1. The van der Waals surface area contributed by atoms with Gasteiger partial charge in [-0.2, -0.15) is 5.10 Å². The number of hydrogen-bond acceptors (Lipinski definition) is 6. The van der Waals surface area contributed by atoms with Crippen molar-refractivity contribution in [1.29, 1.82) is 0 Å². The van der Waals surface area contributed by atoms with Gasteiger partial charge >= 0.3 is 6.09 Å². The van der Waals surface area contributed by atoms with Gasteiger partial charge in [0, 0.05) is 36.1 Å². The molecular weight excluding hydrogens is 429 g/mol. The van der Waals surface area contributed by atoms with Crippen molar-refractivity contribution in [2.75, 3.05) is 25.5 Å². The van der Waals surface area contributed by atoms with Crippen LogP contribution in [0.2, 0.25) is 0 Å². The lowest BCUT2D eigenvalue weighted by molar-refractivity contribution is 0.0864. The van der Waals surface area contributed by atoms with Crippen LogP contribution in [0.4, 0.5) is 14.9 Å². The van der Waals surface area contributed by atoms with E-state index in [1.54, 1.807) is 40.6 Å². The Bertz CT molecular complexity index is 1370. The van der Waals surface area contributed by atoms with Crippen LogP contribution >= 0.6 is 0 Å². The number of aromatic nitrogens is 5. The molecule has 0 spiro atoms. The second kappa shape index (κ2) is 8.01. The Morgan fingerprint density at radius 2 is 2.09 bits per heavy atom. The summed E-state index contributed by atoms with van der Waals surface area (Å²) < 4.78 is 21.0. The molecule has 0 aliphatic carbocycles. The number of carbonyl (C=O) groups excluding carboxylic acids is 2. The zero-order chi connectivity index (χ0) is 23.1. The van der Waals surface area contributed by atoms with Crippen molar-refractivity contribution in [3.63, 3.8) is 0 Å². The first-order valence-electron chi connectivity index (χ1n) is 10.2. The van der Waals surface area contributed by atoms with Gasteiger partial charge in [0.2, 0.25) is 0 Å². The van der Waals surface area contributed by atoms with Crippen molar-refractivity contribution in [3.05, 3.63) is 65.6 Å². The Balaban J connectivity index is 1.38. The van der Waals surface area contributed by atoms with Crippen molar-refractivity contribution in [1.82, 2.24) is 29.5 Å². The molecule has 0 saturated carbocycles. The van der Waals surface area contributed by atoms with E-state index in [1.807, 2.05) is 6.07 Å². The SMILES string of the molecule is COC(=O)N1CC(c2nc(-c3cc(F)c(C)c(NC(=O)c4cnc5ccccn45)c3)n[nH]2)C1. The van der Waals surface area contributed by atoms with E-state index in [1.165, 1.54) is 19.4 Å². The van der Waals surface area contributed by atoms with Gasteiger partial charge in [-0.3, -0.25) is 14.3 Å². The quantitative estimate of drug-likeness (QED) is 0.495. The lowest BCUT2D eigenvalue weighted by Gasteiger charge is -2.36. The number of hydrogen-bond donors (Lipinski definition) is 2. The fraction of sp³-hybridized carbons (Fsp3) is 0.227. The van der Waals surface area contributed by atoms with Crippen LogP contribution in [0.5, 0.6) is 0 Å². The molecule has 0 bridgehead atoms. The number of carbonyl (C=O) groups is 2. The van der Waals surface area contributed by atoms with Crippen molar-refractivity contribution in [3.8, 4) is 11.4 Å². The number of rotatable bonds is 4. The highest BCUT2D eigenvalue weighted by Crippen LogP contribution is 2.29. The number of amides is 2.